The Hall–Kier alpha value is -1.78. The molecule has 1 aromatic heterocycles. The second kappa shape index (κ2) is 3.91. The number of furan rings is 1. The summed E-state index contributed by atoms with van der Waals surface area (Å²) in [5.74, 6) is -0.573. The minimum Gasteiger partial charge on any atom is -0.480 e. The lowest BCUT2D eigenvalue weighted by Crippen LogP contribution is -2.59. The van der Waals surface area contributed by atoms with Crippen molar-refractivity contribution in [3.05, 3.63) is 23.2 Å². The predicted molar refractivity (Wildman–Crippen MR) is 59.9 cm³/mol. The number of nitrogens with one attached hydrogen (secondary N) is 1. The molecule has 0 bridgehead atoms. The Morgan fingerprint density at radius 3 is 2.41 bits per heavy atom. The average molecular weight is 237 g/mol. The molecule has 17 heavy (non-hydrogen) atoms. The number of carbonyl (C=O) groups excluding carboxylic acids is 1. The summed E-state index contributed by atoms with van der Waals surface area (Å²) in [4.78, 5) is 23.0. The van der Waals surface area contributed by atoms with Gasteiger partial charge < -0.3 is 14.8 Å². The van der Waals surface area contributed by atoms with Crippen molar-refractivity contribution in [1.29, 1.82) is 0 Å². The average Bonchev–Trinajstić information content (AvgIpc) is 2.50. The van der Waals surface area contributed by atoms with Crippen LogP contribution in [0.5, 0.6) is 0 Å². The van der Waals surface area contributed by atoms with E-state index in [2.05, 4.69) is 5.32 Å². The largest absolute Gasteiger partial charge is 0.480 e. The van der Waals surface area contributed by atoms with E-state index in [4.69, 9.17) is 9.52 Å². The van der Waals surface area contributed by atoms with E-state index in [0.29, 0.717) is 18.6 Å². The van der Waals surface area contributed by atoms with Crippen LogP contribution in [0.1, 0.15) is 41.1 Å². The fourth-order valence-electron chi connectivity index (χ4n) is 2.06. The summed E-state index contributed by atoms with van der Waals surface area (Å²) >= 11 is 0. The van der Waals surface area contributed by atoms with Crippen LogP contribution in [0.4, 0.5) is 0 Å². The van der Waals surface area contributed by atoms with Gasteiger partial charge in [0.05, 0.1) is 0 Å². The fraction of sp³-hybridized carbons (Fsp3) is 0.500. The number of rotatable bonds is 3. The molecule has 0 atom stereocenters. The molecule has 5 nitrogen and oxygen atoms in total. The Balaban J connectivity index is 2.17. The molecular weight excluding hydrogens is 222 g/mol. The van der Waals surface area contributed by atoms with E-state index in [1.807, 2.05) is 0 Å². The van der Waals surface area contributed by atoms with E-state index in [-0.39, 0.29) is 5.76 Å². The molecule has 2 rings (SSSR count). The molecule has 1 aromatic rings. The van der Waals surface area contributed by atoms with Gasteiger partial charge in [-0.1, -0.05) is 0 Å². The number of carboxylic acids is 1. The van der Waals surface area contributed by atoms with Crippen molar-refractivity contribution in [2.24, 2.45) is 0 Å². The highest BCUT2D eigenvalue weighted by Gasteiger charge is 2.46. The fourth-order valence-corrected chi connectivity index (χ4v) is 2.06. The van der Waals surface area contributed by atoms with E-state index in [1.54, 1.807) is 19.9 Å². The van der Waals surface area contributed by atoms with Crippen LogP contribution in [0.2, 0.25) is 0 Å². The zero-order valence-electron chi connectivity index (χ0n) is 9.87. The molecule has 0 unspecified atom stereocenters. The van der Waals surface area contributed by atoms with Crippen LogP contribution in [0.25, 0.3) is 0 Å². The van der Waals surface area contributed by atoms with Gasteiger partial charge in [-0.05, 0) is 39.2 Å². The van der Waals surface area contributed by atoms with Crippen LogP contribution in [-0.2, 0) is 4.79 Å². The lowest BCUT2D eigenvalue weighted by Gasteiger charge is -2.37. The lowest BCUT2D eigenvalue weighted by molar-refractivity contribution is -0.148. The third-order valence-electron chi connectivity index (χ3n) is 3.22. The summed E-state index contributed by atoms with van der Waals surface area (Å²) in [6, 6.07) is 1.75. The maximum atomic E-state index is 11.9. The highest BCUT2D eigenvalue weighted by molar-refractivity contribution is 5.97. The molecule has 0 saturated heterocycles. The molecule has 2 N–H and O–H groups in total. The first-order valence-electron chi connectivity index (χ1n) is 5.57. The van der Waals surface area contributed by atoms with Gasteiger partial charge in [0.15, 0.2) is 5.76 Å². The van der Waals surface area contributed by atoms with Crippen LogP contribution in [0, 0.1) is 13.8 Å². The van der Waals surface area contributed by atoms with Crippen molar-refractivity contribution >= 4 is 11.9 Å². The van der Waals surface area contributed by atoms with Gasteiger partial charge in [0.2, 0.25) is 0 Å². The Labute approximate surface area is 98.8 Å². The van der Waals surface area contributed by atoms with Crippen LogP contribution < -0.4 is 5.32 Å². The lowest BCUT2D eigenvalue weighted by atomic mass is 9.76. The van der Waals surface area contributed by atoms with Gasteiger partial charge in [-0.25, -0.2) is 4.79 Å². The Kier molecular flexibility index (Phi) is 2.69. The highest BCUT2D eigenvalue weighted by atomic mass is 16.4. The minimum absolute atomic E-state index is 0.204. The van der Waals surface area contributed by atoms with Crippen LogP contribution in [0.3, 0.4) is 0 Å². The van der Waals surface area contributed by atoms with E-state index in [1.165, 1.54) is 0 Å². The molecule has 92 valence electrons. The summed E-state index contributed by atoms with van der Waals surface area (Å²) in [5, 5.41) is 11.7. The second-order valence-corrected chi connectivity index (χ2v) is 4.56. The molecule has 0 radical (unpaired) electrons. The molecule has 1 aliphatic carbocycles. The molecule has 1 aliphatic rings. The molecule has 1 amide bonds. The first kappa shape index (κ1) is 11.7. The van der Waals surface area contributed by atoms with E-state index in [9.17, 15) is 9.59 Å². The first-order chi connectivity index (χ1) is 7.94. The van der Waals surface area contributed by atoms with Crippen molar-refractivity contribution in [3.8, 4) is 0 Å². The van der Waals surface area contributed by atoms with Gasteiger partial charge in [0.25, 0.3) is 5.91 Å². The SMILES string of the molecule is Cc1cc(C)c(C(=O)NC2(C(=O)O)CCC2)o1. The number of hydrogen-bond acceptors (Lipinski definition) is 3. The predicted octanol–water partition coefficient (Wildman–Crippen LogP) is 1.63. The Morgan fingerprint density at radius 1 is 1.41 bits per heavy atom. The number of aryl methyl sites for hydroxylation is 2. The summed E-state index contributed by atoms with van der Waals surface area (Å²) in [5.41, 5.74) is -0.371. The number of carboxylic acid groups (broad SMARTS) is 1. The zero-order valence-corrected chi connectivity index (χ0v) is 9.87. The molecule has 5 heteroatoms. The Morgan fingerprint density at radius 2 is 2.06 bits per heavy atom. The topological polar surface area (TPSA) is 79.5 Å². The zero-order chi connectivity index (χ0) is 12.6. The molecule has 1 saturated carbocycles. The molecule has 1 heterocycles. The van der Waals surface area contributed by atoms with Crippen molar-refractivity contribution < 1.29 is 19.1 Å². The van der Waals surface area contributed by atoms with Crippen molar-refractivity contribution in [2.75, 3.05) is 0 Å². The molecule has 1 fully saturated rings. The minimum atomic E-state index is -1.09. The van der Waals surface area contributed by atoms with E-state index < -0.39 is 17.4 Å². The quantitative estimate of drug-likeness (QED) is 0.837. The number of hydrogen-bond donors (Lipinski definition) is 2. The monoisotopic (exact) mass is 237 g/mol. The van der Waals surface area contributed by atoms with Gasteiger partial charge in [-0.3, -0.25) is 4.79 Å². The van der Waals surface area contributed by atoms with Crippen molar-refractivity contribution in [3.63, 3.8) is 0 Å². The van der Waals surface area contributed by atoms with Gasteiger partial charge >= 0.3 is 5.97 Å². The molecule has 0 spiro atoms. The molecule has 0 aromatic carbocycles. The van der Waals surface area contributed by atoms with E-state index in [0.717, 1.165) is 12.0 Å². The van der Waals surface area contributed by atoms with Gasteiger partial charge in [0, 0.05) is 5.56 Å². The molecular formula is C12H15NO4. The van der Waals surface area contributed by atoms with E-state index >= 15 is 0 Å². The summed E-state index contributed by atoms with van der Waals surface area (Å²) in [6.45, 7) is 3.51. The van der Waals surface area contributed by atoms with Gasteiger partial charge in [-0.2, -0.15) is 0 Å². The first-order valence-corrected chi connectivity index (χ1v) is 5.57. The normalized spacial score (nSPS) is 17.3. The van der Waals surface area contributed by atoms with Crippen LogP contribution in [0.15, 0.2) is 10.5 Å². The van der Waals surface area contributed by atoms with Crippen molar-refractivity contribution in [2.45, 2.75) is 38.6 Å². The van der Waals surface area contributed by atoms with Gasteiger partial charge in [-0.15, -0.1) is 0 Å². The number of aliphatic carboxylic acids is 1. The standard InChI is InChI=1S/C12H15NO4/c1-7-6-8(2)17-9(7)10(14)13-12(11(15)16)4-3-5-12/h6H,3-5H2,1-2H3,(H,13,14)(H,15,16). The third-order valence-corrected chi connectivity index (χ3v) is 3.22. The van der Waals surface area contributed by atoms with Crippen molar-refractivity contribution in [1.82, 2.24) is 5.32 Å². The number of carbonyl (C=O) groups is 2. The summed E-state index contributed by atoms with van der Waals surface area (Å²) in [6.07, 6.45) is 1.78. The van der Waals surface area contributed by atoms with Gasteiger partial charge in [0.1, 0.15) is 11.3 Å². The second-order valence-electron chi connectivity index (χ2n) is 4.56. The van der Waals surface area contributed by atoms with Crippen LogP contribution in [-0.4, -0.2) is 22.5 Å². The maximum absolute atomic E-state index is 11.9. The number of amides is 1. The highest BCUT2D eigenvalue weighted by Crippen LogP contribution is 2.32. The maximum Gasteiger partial charge on any atom is 0.329 e. The molecule has 0 aliphatic heterocycles. The smallest absolute Gasteiger partial charge is 0.329 e. The third kappa shape index (κ3) is 1.92. The summed E-state index contributed by atoms with van der Waals surface area (Å²) in [7, 11) is 0. The summed E-state index contributed by atoms with van der Waals surface area (Å²) < 4.78 is 5.27. The Bertz CT molecular complexity index is 471. The van der Waals surface area contributed by atoms with Crippen LogP contribution >= 0.6 is 0 Å².